The molecule has 1 aliphatic heterocycles. The predicted molar refractivity (Wildman–Crippen MR) is 47.0 cm³/mol. The molecule has 1 atom stereocenters. The van der Waals surface area contributed by atoms with E-state index in [1.807, 2.05) is 27.7 Å². The second kappa shape index (κ2) is 2.69. The van der Waals surface area contributed by atoms with Crippen LogP contribution < -0.4 is 0 Å². The zero-order valence-corrected chi connectivity index (χ0v) is 8.33. The number of aliphatic hydroxyl groups excluding tert-OH is 1. The summed E-state index contributed by atoms with van der Waals surface area (Å²) in [5.41, 5.74) is -0.620. The highest BCUT2D eigenvalue weighted by Crippen LogP contribution is 2.42. The van der Waals surface area contributed by atoms with Gasteiger partial charge in [-0.2, -0.15) is 5.06 Å². The first-order valence-electron chi connectivity index (χ1n) is 4.44. The third-order valence-corrected chi connectivity index (χ3v) is 3.67. The van der Waals surface area contributed by atoms with Gasteiger partial charge in [0.2, 0.25) is 0 Å². The minimum atomic E-state index is -0.356. The fourth-order valence-corrected chi connectivity index (χ4v) is 1.63. The lowest BCUT2D eigenvalue weighted by molar-refractivity contribution is -0.245. The molecule has 1 fully saturated rings. The van der Waals surface area contributed by atoms with E-state index in [-0.39, 0.29) is 17.1 Å². The highest BCUT2D eigenvalue weighted by molar-refractivity contribution is 5.00. The molecule has 0 aromatic carbocycles. The maximum atomic E-state index is 9.75. The second-order valence-corrected chi connectivity index (χ2v) is 4.71. The lowest BCUT2D eigenvalue weighted by Crippen LogP contribution is -2.61. The first-order chi connectivity index (χ1) is 5.30. The Morgan fingerprint density at radius 3 is 2.17 bits per heavy atom. The van der Waals surface area contributed by atoms with Gasteiger partial charge >= 0.3 is 0 Å². The Hall–Kier alpha value is -0.120. The molecule has 0 aromatic heterocycles. The number of aliphatic hydroxyl groups is 1. The van der Waals surface area contributed by atoms with Crippen LogP contribution in [0.3, 0.4) is 0 Å². The van der Waals surface area contributed by atoms with Crippen molar-refractivity contribution in [3.63, 3.8) is 0 Å². The summed E-state index contributed by atoms with van der Waals surface area (Å²) in [6, 6.07) is 0. The Labute approximate surface area is 74.0 Å². The molecule has 1 saturated heterocycles. The summed E-state index contributed by atoms with van der Waals surface area (Å²) in [5.74, 6) is 0. The molecule has 1 unspecified atom stereocenters. The van der Waals surface area contributed by atoms with Crippen molar-refractivity contribution in [2.75, 3.05) is 6.54 Å². The van der Waals surface area contributed by atoms with Crippen molar-refractivity contribution in [2.45, 2.75) is 45.8 Å². The molecule has 72 valence electrons. The van der Waals surface area contributed by atoms with Gasteiger partial charge in [-0.05, 0) is 20.3 Å². The zero-order chi connectivity index (χ0) is 9.57. The molecule has 0 amide bonds. The van der Waals surface area contributed by atoms with E-state index < -0.39 is 0 Å². The smallest absolute Gasteiger partial charge is 0.0622 e. The molecule has 1 heterocycles. The molecule has 3 nitrogen and oxygen atoms in total. The summed E-state index contributed by atoms with van der Waals surface area (Å²) < 4.78 is 0. The monoisotopic (exact) mass is 173 g/mol. The highest BCUT2D eigenvalue weighted by Gasteiger charge is 2.49. The average Bonchev–Trinajstić information content (AvgIpc) is 1.96. The van der Waals surface area contributed by atoms with Gasteiger partial charge in [0.15, 0.2) is 0 Å². The van der Waals surface area contributed by atoms with Crippen LogP contribution in [-0.4, -0.2) is 33.6 Å². The standard InChI is InChI=1S/C9H19NO2/c1-8(2)7(11)5-6-10(12)9(8,3)4/h7,11-12H,5-6H2,1-4H3. The number of hydrogen-bond donors (Lipinski definition) is 2. The number of rotatable bonds is 0. The van der Waals surface area contributed by atoms with Crippen molar-refractivity contribution in [1.29, 1.82) is 0 Å². The van der Waals surface area contributed by atoms with Gasteiger partial charge in [-0.1, -0.05) is 13.8 Å². The zero-order valence-electron chi connectivity index (χ0n) is 8.33. The highest BCUT2D eigenvalue weighted by atomic mass is 16.5. The first kappa shape index (κ1) is 9.96. The minimum absolute atomic E-state index is 0.264. The van der Waals surface area contributed by atoms with Crippen molar-refractivity contribution < 1.29 is 10.3 Å². The molecular formula is C9H19NO2. The number of nitrogens with zero attached hydrogens (tertiary/aromatic N) is 1. The van der Waals surface area contributed by atoms with Gasteiger partial charge in [-0.25, -0.2) is 0 Å². The van der Waals surface area contributed by atoms with Crippen molar-refractivity contribution in [3.05, 3.63) is 0 Å². The van der Waals surface area contributed by atoms with E-state index in [1.54, 1.807) is 0 Å². The van der Waals surface area contributed by atoms with Gasteiger partial charge in [0, 0.05) is 17.5 Å². The molecule has 0 saturated carbocycles. The van der Waals surface area contributed by atoms with Crippen LogP contribution in [0, 0.1) is 5.41 Å². The van der Waals surface area contributed by atoms with Crippen LogP contribution >= 0.6 is 0 Å². The average molecular weight is 173 g/mol. The van der Waals surface area contributed by atoms with Gasteiger partial charge in [-0.15, -0.1) is 0 Å². The molecule has 0 aromatic rings. The summed E-state index contributed by atoms with van der Waals surface area (Å²) in [6.45, 7) is 8.43. The lowest BCUT2D eigenvalue weighted by atomic mass is 9.67. The van der Waals surface area contributed by atoms with E-state index in [0.29, 0.717) is 13.0 Å². The predicted octanol–water partition coefficient (Wildman–Crippen LogP) is 1.25. The lowest BCUT2D eigenvalue weighted by Gasteiger charge is -2.52. The molecule has 0 radical (unpaired) electrons. The van der Waals surface area contributed by atoms with Crippen LogP contribution in [0.4, 0.5) is 0 Å². The van der Waals surface area contributed by atoms with Crippen LogP contribution in [-0.2, 0) is 0 Å². The van der Waals surface area contributed by atoms with Gasteiger partial charge in [-0.3, -0.25) is 0 Å². The van der Waals surface area contributed by atoms with E-state index in [2.05, 4.69) is 0 Å². The number of hydrogen-bond acceptors (Lipinski definition) is 3. The van der Waals surface area contributed by atoms with E-state index in [9.17, 15) is 10.3 Å². The molecule has 1 aliphatic rings. The van der Waals surface area contributed by atoms with Gasteiger partial charge < -0.3 is 10.3 Å². The van der Waals surface area contributed by atoms with E-state index in [4.69, 9.17) is 0 Å². The fourth-order valence-electron chi connectivity index (χ4n) is 1.63. The summed E-state index contributed by atoms with van der Waals surface area (Å²) >= 11 is 0. The second-order valence-electron chi connectivity index (χ2n) is 4.71. The van der Waals surface area contributed by atoms with E-state index in [1.165, 1.54) is 5.06 Å². The van der Waals surface area contributed by atoms with E-state index >= 15 is 0 Å². The molecular weight excluding hydrogens is 154 g/mol. The molecule has 0 aliphatic carbocycles. The van der Waals surface area contributed by atoms with Crippen LogP contribution in [0.5, 0.6) is 0 Å². The quantitative estimate of drug-likeness (QED) is 0.579. The Balaban J connectivity index is 2.92. The first-order valence-corrected chi connectivity index (χ1v) is 4.44. The van der Waals surface area contributed by atoms with Gasteiger partial charge in [0.25, 0.3) is 0 Å². The Bertz CT molecular complexity index is 157. The molecule has 12 heavy (non-hydrogen) atoms. The third-order valence-electron chi connectivity index (χ3n) is 3.67. The maximum absolute atomic E-state index is 9.75. The molecule has 3 heteroatoms. The summed E-state index contributed by atoms with van der Waals surface area (Å²) in [4.78, 5) is 0. The molecule has 2 N–H and O–H groups in total. The number of piperidine rings is 1. The van der Waals surface area contributed by atoms with Crippen LogP contribution in [0.2, 0.25) is 0 Å². The summed E-state index contributed by atoms with van der Waals surface area (Å²) in [5, 5.41) is 20.7. The number of hydroxylamine groups is 2. The Morgan fingerprint density at radius 2 is 1.75 bits per heavy atom. The van der Waals surface area contributed by atoms with Gasteiger partial charge in [0.1, 0.15) is 0 Å². The van der Waals surface area contributed by atoms with Crippen LogP contribution in [0.25, 0.3) is 0 Å². The maximum Gasteiger partial charge on any atom is 0.0622 e. The normalized spacial score (nSPS) is 35.0. The fraction of sp³-hybridized carbons (Fsp3) is 1.00. The van der Waals surface area contributed by atoms with Crippen molar-refractivity contribution >= 4 is 0 Å². The SMILES string of the molecule is CC1(C)C(O)CCN(O)C1(C)C. The summed E-state index contributed by atoms with van der Waals surface area (Å²) in [7, 11) is 0. The topological polar surface area (TPSA) is 43.7 Å². The van der Waals surface area contributed by atoms with Crippen molar-refractivity contribution in [1.82, 2.24) is 5.06 Å². The van der Waals surface area contributed by atoms with Gasteiger partial charge in [0.05, 0.1) is 6.10 Å². The van der Waals surface area contributed by atoms with Crippen molar-refractivity contribution in [3.8, 4) is 0 Å². The Morgan fingerprint density at radius 1 is 1.25 bits per heavy atom. The van der Waals surface area contributed by atoms with Crippen LogP contribution in [0.15, 0.2) is 0 Å². The van der Waals surface area contributed by atoms with E-state index in [0.717, 1.165) is 0 Å². The van der Waals surface area contributed by atoms with Crippen LogP contribution in [0.1, 0.15) is 34.1 Å². The summed E-state index contributed by atoms with van der Waals surface area (Å²) in [6.07, 6.45) is 0.323. The minimum Gasteiger partial charge on any atom is -0.392 e. The molecule has 0 bridgehead atoms. The van der Waals surface area contributed by atoms with Crippen molar-refractivity contribution in [2.24, 2.45) is 5.41 Å². The third kappa shape index (κ3) is 1.16. The Kier molecular flexibility index (Phi) is 2.23. The molecule has 1 rings (SSSR count). The largest absolute Gasteiger partial charge is 0.392 e. The molecule has 0 spiro atoms.